The van der Waals surface area contributed by atoms with Gasteiger partial charge in [0.25, 0.3) is 0 Å². The first-order chi connectivity index (χ1) is 22.0. The van der Waals surface area contributed by atoms with Crippen molar-refractivity contribution in [1.29, 1.82) is 0 Å². The zero-order valence-electron chi connectivity index (χ0n) is 23.5. The molecule has 0 saturated heterocycles. The molecule has 51 heavy (non-hydrogen) atoms. The Labute approximate surface area is 274 Å². The summed E-state index contributed by atoms with van der Waals surface area (Å²) in [7, 11) is 0. The topological polar surface area (TPSA) is 37.3 Å². The number of aliphatic carboxylic acids is 1. The lowest BCUT2D eigenvalue weighted by molar-refractivity contribution is -0.439. The molecule has 30 heteroatoms. The Morgan fingerprint density at radius 2 is 0.745 bits per heavy atom. The predicted molar refractivity (Wildman–Crippen MR) is 121 cm³/mol. The van der Waals surface area contributed by atoms with E-state index in [0.29, 0.717) is 0 Å². The molecule has 0 fully saturated rings. The summed E-state index contributed by atoms with van der Waals surface area (Å²) in [6, 6.07) is 0. The predicted octanol–water partition coefficient (Wildman–Crippen LogP) is 10.9. The third-order valence-corrected chi connectivity index (χ3v) is 8.97. The van der Waals surface area contributed by atoms with Gasteiger partial charge in [0.1, 0.15) is 0 Å². The van der Waals surface area contributed by atoms with Gasteiger partial charge in [0.05, 0.1) is 0 Å². The summed E-state index contributed by atoms with van der Waals surface area (Å²) < 4.78 is 343. The van der Waals surface area contributed by atoms with Crippen molar-refractivity contribution in [3.63, 3.8) is 0 Å². The van der Waals surface area contributed by atoms with Crippen molar-refractivity contribution in [1.82, 2.24) is 0 Å². The Morgan fingerprint density at radius 3 is 1.04 bits per heavy atom. The van der Waals surface area contributed by atoms with Crippen molar-refractivity contribution in [2.45, 2.75) is 103 Å². The monoisotopic (exact) mass is 858 g/mol. The molecular weight excluding hydrogens is 842 g/mol. The van der Waals surface area contributed by atoms with Gasteiger partial charge in [-0.2, -0.15) is 138 Å². The molecule has 0 spiro atoms. The van der Waals surface area contributed by atoms with E-state index in [2.05, 4.69) is 0 Å². The average molecular weight is 858 g/mol. The molecule has 0 aromatic carbocycles. The van der Waals surface area contributed by atoms with Crippen LogP contribution < -0.4 is 0 Å². The van der Waals surface area contributed by atoms with E-state index in [4.69, 9.17) is 5.11 Å². The minimum atomic E-state index is -8.23. The Morgan fingerprint density at radius 1 is 0.451 bits per heavy atom. The van der Waals surface area contributed by atoms with Gasteiger partial charge in [0, 0.05) is 30.3 Å². The van der Waals surface area contributed by atoms with Crippen LogP contribution in [0, 0.1) is 0 Å². The maximum absolute atomic E-state index is 14.0. The maximum atomic E-state index is 14.0. The van der Waals surface area contributed by atoms with Gasteiger partial charge in [-0.1, -0.05) is 0 Å². The first kappa shape index (κ1) is 49.4. The molecule has 0 radical (unpaired) electrons. The van der Waals surface area contributed by atoms with Gasteiger partial charge < -0.3 is 5.11 Å². The molecule has 1 N–H and O–H groups in total. The minimum Gasteiger partial charge on any atom is -0.481 e. The largest absolute Gasteiger partial charge is 0.481 e. The van der Waals surface area contributed by atoms with E-state index in [1.165, 1.54) is 0 Å². The summed E-state index contributed by atoms with van der Waals surface area (Å²) in [5, 5.41) is 6.91. The molecule has 0 amide bonds. The number of hydrogen-bond acceptors (Lipinski definition) is 3. The lowest BCUT2D eigenvalue weighted by Crippen LogP contribution is -2.70. The fourth-order valence-corrected chi connectivity index (χ4v) is 5.85. The lowest BCUT2D eigenvalue weighted by Gasteiger charge is -2.39. The molecule has 0 aromatic heterocycles. The van der Waals surface area contributed by atoms with Crippen molar-refractivity contribution < 1.29 is 124 Å². The van der Waals surface area contributed by atoms with E-state index in [1.54, 1.807) is 0 Å². The average Bonchev–Trinajstić information content (AvgIpc) is 2.91. The van der Waals surface area contributed by atoms with Gasteiger partial charge in [-0.15, -0.1) is 0 Å². The highest BCUT2D eigenvalue weighted by molar-refractivity contribution is 8.03. The third kappa shape index (κ3) is 8.85. The van der Waals surface area contributed by atoms with Crippen LogP contribution in [-0.4, -0.2) is 105 Å². The first-order valence-electron chi connectivity index (χ1n) is 12.3. The number of thioether (sulfide) groups is 2. The molecule has 0 aliphatic carbocycles. The van der Waals surface area contributed by atoms with Gasteiger partial charge in [-0.05, 0) is 17.9 Å². The summed E-state index contributed by atoms with van der Waals surface area (Å²) in [6.45, 7) is 0. The van der Waals surface area contributed by atoms with Crippen molar-refractivity contribution in [2.24, 2.45) is 0 Å². The first-order valence-corrected chi connectivity index (χ1v) is 14.5. The van der Waals surface area contributed by atoms with E-state index in [0.717, 1.165) is 0 Å². The number of rotatable bonds is 20. The standard InChI is InChI=1S/C21H16F26O2S2/c22-10(23,12(26,27)14(30,31)16(34,35)18(38,39)20(42,43)44)3-5-50-7-8(1-2-9(48)49)51-6-4-11(24,25)13(28,29)15(32,33)17(36,37)19(40,41)21(45,46)47/h8H,1-7H2,(H,48,49). The normalized spacial score (nSPS) is 16.4. The minimum absolute atomic E-state index is 0.272. The smallest absolute Gasteiger partial charge is 0.460 e. The number of carboxylic acids is 1. The summed E-state index contributed by atoms with van der Waals surface area (Å²) in [5.41, 5.74) is 0. The van der Waals surface area contributed by atoms with Crippen molar-refractivity contribution in [3.8, 4) is 0 Å². The molecule has 1 unspecified atom stereocenters. The second-order valence-corrected chi connectivity index (χ2v) is 12.6. The Hall–Kier alpha value is -1.65. The van der Waals surface area contributed by atoms with Crippen molar-refractivity contribution in [2.75, 3.05) is 17.3 Å². The fraction of sp³-hybridized carbons (Fsp3) is 0.952. The Balaban J connectivity index is 5.89. The third-order valence-electron chi connectivity index (χ3n) is 6.31. The van der Waals surface area contributed by atoms with E-state index in [9.17, 15) is 119 Å². The van der Waals surface area contributed by atoms with Crippen LogP contribution in [0.1, 0.15) is 25.7 Å². The highest BCUT2D eigenvalue weighted by Gasteiger charge is 2.92. The molecule has 2 nitrogen and oxygen atoms in total. The van der Waals surface area contributed by atoms with Crippen LogP contribution in [0.4, 0.5) is 114 Å². The summed E-state index contributed by atoms with van der Waals surface area (Å²) >= 11 is -0.564. The quantitative estimate of drug-likeness (QED) is 0.0978. The van der Waals surface area contributed by atoms with Crippen LogP contribution in [0.3, 0.4) is 0 Å². The van der Waals surface area contributed by atoms with Crippen molar-refractivity contribution in [3.05, 3.63) is 0 Å². The lowest BCUT2D eigenvalue weighted by atomic mass is 9.93. The number of halogens is 26. The van der Waals surface area contributed by atoms with E-state index < -0.39 is 126 Å². The second-order valence-electron chi connectivity index (χ2n) is 10.00. The Bertz CT molecular complexity index is 1180. The second kappa shape index (κ2) is 14.9. The number of carboxylic acid groups (broad SMARTS) is 1. The molecule has 0 aliphatic heterocycles. The van der Waals surface area contributed by atoms with Gasteiger partial charge in [-0.25, -0.2) is 0 Å². The summed E-state index contributed by atoms with van der Waals surface area (Å²) in [6.07, 6.45) is -23.0. The number of alkyl halides is 26. The van der Waals surface area contributed by atoms with E-state index in [-0.39, 0.29) is 23.5 Å². The zero-order chi connectivity index (χ0) is 41.5. The molecule has 0 bridgehead atoms. The van der Waals surface area contributed by atoms with Crippen LogP contribution in [0.5, 0.6) is 0 Å². The molecular formula is C21H16F26O2S2. The van der Waals surface area contributed by atoms with E-state index in [1.807, 2.05) is 0 Å². The molecule has 306 valence electrons. The number of hydrogen-bond donors (Lipinski definition) is 1. The van der Waals surface area contributed by atoms with Crippen LogP contribution >= 0.6 is 23.5 Å². The van der Waals surface area contributed by atoms with Crippen LogP contribution in [-0.2, 0) is 4.79 Å². The fourth-order valence-electron chi connectivity index (χ4n) is 3.19. The van der Waals surface area contributed by atoms with Crippen LogP contribution in [0.15, 0.2) is 0 Å². The summed E-state index contributed by atoms with van der Waals surface area (Å²) in [5.74, 6) is -83.7. The molecule has 0 rings (SSSR count). The molecule has 0 heterocycles. The summed E-state index contributed by atoms with van der Waals surface area (Å²) in [4.78, 5) is 10.7. The van der Waals surface area contributed by atoms with Crippen LogP contribution in [0.25, 0.3) is 0 Å². The highest BCUT2D eigenvalue weighted by atomic mass is 32.2. The SMILES string of the molecule is O=C(O)CCC(CSCCC(F)(F)C(F)(F)C(F)(F)C(F)(F)C(F)(F)C(F)(F)F)SCCC(F)(F)C(F)(F)C(F)(F)C(F)(F)C(F)(F)C(F)(F)F. The highest BCUT2D eigenvalue weighted by Crippen LogP contribution is 2.62. The van der Waals surface area contributed by atoms with Gasteiger partial charge >= 0.3 is 77.5 Å². The molecule has 1 atom stereocenters. The van der Waals surface area contributed by atoms with Gasteiger partial charge in [-0.3, -0.25) is 4.79 Å². The zero-order valence-corrected chi connectivity index (χ0v) is 25.2. The maximum Gasteiger partial charge on any atom is 0.460 e. The molecule has 0 aliphatic rings. The molecule has 0 saturated carbocycles. The molecule has 0 aromatic rings. The van der Waals surface area contributed by atoms with Gasteiger partial charge in [0.2, 0.25) is 0 Å². The van der Waals surface area contributed by atoms with Crippen LogP contribution in [0.2, 0.25) is 0 Å². The number of carbonyl (C=O) groups is 1. The van der Waals surface area contributed by atoms with Crippen molar-refractivity contribution >= 4 is 29.5 Å². The van der Waals surface area contributed by atoms with E-state index >= 15 is 0 Å². The van der Waals surface area contributed by atoms with Gasteiger partial charge in [0.15, 0.2) is 0 Å². The Kier molecular flexibility index (Phi) is 14.4.